The van der Waals surface area contributed by atoms with Gasteiger partial charge in [0.1, 0.15) is 6.29 Å². The molecule has 0 radical (unpaired) electrons. The lowest BCUT2D eigenvalue weighted by atomic mass is 9.87. The predicted molar refractivity (Wildman–Crippen MR) is 133 cm³/mol. The molecule has 0 N–H and O–H groups in total. The second kappa shape index (κ2) is 9.55. The molecule has 4 nitrogen and oxygen atoms in total. The lowest BCUT2D eigenvalue weighted by molar-refractivity contribution is -0.0366. The maximum Gasteiger partial charge on any atom is 0.150 e. The van der Waals surface area contributed by atoms with E-state index in [2.05, 4.69) is 54.5 Å². The Labute approximate surface area is 194 Å². The van der Waals surface area contributed by atoms with Crippen LogP contribution in [0.25, 0.3) is 22.0 Å². The number of ether oxygens (including phenoxy) is 1. The molecule has 1 atom stereocenters. The molecular formula is C29H28N2O2. The summed E-state index contributed by atoms with van der Waals surface area (Å²) in [4.78, 5) is 11.2. The van der Waals surface area contributed by atoms with Gasteiger partial charge >= 0.3 is 0 Å². The number of allylic oxidation sites excluding steroid dienone is 1. The first-order chi connectivity index (χ1) is 16.3. The van der Waals surface area contributed by atoms with Gasteiger partial charge in [-0.15, -0.1) is 0 Å². The van der Waals surface area contributed by atoms with Gasteiger partial charge in [0.25, 0.3) is 0 Å². The summed E-state index contributed by atoms with van der Waals surface area (Å²) in [7, 11) is 0. The van der Waals surface area contributed by atoms with Crippen molar-refractivity contribution in [1.82, 2.24) is 9.78 Å². The first-order valence-electron chi connectivity index (χ1n) is 11.7. The molecule has 1 aliphatic heterocycles. The molecule has 3 aromatic carbocycles. The predicted octanol–water partition coefficient (Wildman–Crippen LogP) is 6.92. The number of hydrogen-bond acceptors (Lipinski definition) is 3. The third-order valence-electron chi connectivity index (χ3n) is 6.43. The Hall–Kier alpha value is -3.50. The zero-order chi connectivity index (χ0) is 22.6. The Kier molecular flexibility index (Phi) is 6.18. The third kappa shape index (κ3) is 4.27. The number of hydrogen-bond donors (Lipinski definition) is 0. The maximum atomic E-state index is 11.2. The van der Waals surface area contributed by atoms with Crippen molar-refractivity contribution < 1.29 is 9.53 Å². The Balaban J connectivity index is 1.66. The minimum absolute atomic E-state index is 0.0171. The standard InChI is InChI=1S/C29H28N2O2/c1-2-26(22-8-4-3-5-9-22)29(23-13-11-21(20-32)12-14-23)24-15-16-27-25(18-24)19-30-31(27)28-10-6-7-17-33-28/h3-5,8-9,11-16,18-20,28H,2,6-7,10,17H2,1H3/b29-26+. The van der Waals surface area contributed by atoms with Gasteiger partial charge in [0.15, 0.2) is 6.23 Å². The fraction of sp³-hybridized carbons (Fsp3) is 0.241. The van der Waals surface area contributed by atoms with E-state index >= 15 is 0 Å². The summed E-state index contributed by atoms with van der Waals surface area (Å²) >= 11 is 0. The summed E-state index contributed by atoms with van der Waals surface area (Å²) in [5.41, 5.74) is 7.69. The normalized spacial score (nSPS) is 17.1. The van der Waals surface area contributed by atoms with Crippen LogP contribution in [0.2, 0.25) is 0 Å². The number of carbonyl (C=O) groups is 1. The average molecular weight is 437 g/mol. The second-order valence-corrected chi connectivity index (χ2v) is 8.50. The molecular weight excluding hydrogens is 408 g/mol. The topological polar surface area (TPSA) is 44.1 Å². The van der Waals surface area contributed by atoms with Crippen molar-refractivity contribution in [3.05, 3.63) is 101 Å². The van der Waals surface area contributed by atoms with E-state index in [1.165, 1.54) is 23.1 Å². The van der Waals surface area contributed by atoms with E-state index in [9.17, 15) is 4.79 Å². The molecule has 166 valence electrons. The summed E-state index contributed by atoms with van der Waals surface area (Å²) in [6.45, 7) is 2.99. The molecule has 0 spiro atoms. The van der Waals surface area contributed by atoms with E-state index in [4.69, 9.17) is 4.74 Å². The van der Waals surface area contributed by atoms with Crippen LogP contribution in [0.3, 0.4) is 0 Å². The van der Waals surface area contributed by atoms with Gasteiger partial charge in [-0.05, 0) is 65.7 Å². The smallest absolute Gasteiger partial charge is 0.150 e. The summed E-state index contributed by atoms with van der Waals surface area (Å²) in [5.74, 6) is 0. The first kappa shape index (κ1) is 21.4. The molecule has 0 bridgehead atoms. The van der Waals surface area contributed by atoms with E-state index < -0.39 is 0 Å². The molecule has 4 aromatic rings. The molecule has 1 fully saturated rings. The fourth-order valence-corrected chi connectivity index (χ4v) is 4.76. The molecule has 1 saturated heterocycles. The Bertz CT molecular complexity index is 1280. The van der Waals surface area contributed by atoms with Gasteiger partial charge in [-0.1, -0.05) is 67.6 Å². The highest BCUT2D eigenvalue weighted by Gasteiger charge is 2.20. The lowest BCUT2D eigenvalue weighted by Gasteiger charge is -2.23. The fourth-order valence-electron chi connectivity index (χ4n) is 4.76. The molecule has 0 aliphatic carbocycles. The van der Waals surface area contributed by atoms with Gasteiger partial charge in [-0.25, -0.2) is 4.68 Å². The molecule has 0 amide bonds. The number of aromatic nitrogens is 2. The van der Waals surface area contributed by atoms with E-state index in [1.807, 2.05) is 41.2 Å². The van der Waals surface area contributed by atoms with E-state index in [0.29, 0.717) is 5.56 Å². The summed E-state index contributed by atoms with van der Waals surface area (Å²) in [5, 5.41) is 5.78. The molecule has 1 aromatic heterocycles. The highest BCUT2D eigenvalue weighted by atomic mass is 16.5. The van der Waals surface area contributed by atoms with Gasteiger partial charge in [-0.2, -0.15) is 5.10 Å². The van der Waals surface area contributed by atoms with Crippen molar-refractivity contribution in [2.75, 3.05) is 6.61 Å². The Morgan fingerprint density at radius 2 is 1.79 bits per heavy atom. The van der Waals surface area contributed by atoms with Crippen molar-refractivity contribution in [2.45, 2.75) is 38.8 Å². The molecule has 4 heteroatoms. The van der Waals surface area contributed by atoms with Crippen molar-refractivity contribution in [1.29, 1.82) is 0 Å². The maximum absolute atomic E-state index is 11.2. The molecule has 5 rings (SSSR count). The number of benzene rings is 3. The van der Waals surface area contributed by atoms with Crippen LogP contribution in [0.1, 0.15) is 65.9 Å². The quantitative estimate of drug-likeness (QED) is 0.243. The highest BCUT2D eigenvalue weighted by molar-refractivity contribution is 6.00. The van der Waals surface area contributed by atoms with Crippen LogP contribution in [-0.2, 0) is 4.74 Å². The van der Waals surface area contributed by atoms with Crippen LogP contribution >= 0.6 is 0 Å². The van der Waals surface area contributed by atoms with E-state index in [0.717, 1.165) is 54.2 Å². The van der Waals surface area contributed by atoms with Crippen LogP contribution in [-0.4, -0.2) is 22.7 Å². The molecule has 0 saturated carbocycles. The van der Waals surface area contributed by atoms with Gasteiger partial charge in [0.05, 0.1) is 11.7 Å². The largest absolute Gasteiger partial charge is 0.356 e. The number of carbonyl (C=O) groups excluding carboxylic acids is 1. The summed E-state index contributed by atoms with van der Waals surface area (Å²) in [6, 6.07) is 25.0. The van der Waals surface area contributed by atoms with Crippen molar-refractivity contribution >= 4 is 28.3 Å². The summed E-state index contributed by atoms with van der Waals surface area (Å²) in [6.07, 6.45) is 7.03. The Morgan fingerprint density at radius 3 is 2.48 bits per heavy atom. The van der Waals surface area contributed by atoms with Gasteiger partial charge < -0.3 is 4.74 Å². The summed E-state index contributed by atoms with van der Waals surface area (Å²) < 4.78 is 8.00. The minimum atomic E-state index is 0.0171. The van der Waals surface area contributed by atoms with Crippen molar-refractivity contribution in [3.8, 4) is 0 Å². The van der Waals surface area contributed by atoms with Crippen LogP contribution < -0.4 is 0 Å². The lowest BCUT2D eigenvalue weighted by Crippen LogP contribution is -2.18. The van der Waals surface area contributed by atoms with Gasteiger partial charge in [0.2, 0.25) is 0 Å². The number of aldehydes is 1. The SMILES string of the molecule is CC/C(=C(/c1ccc(C=O)cc1)c1ccc2c(cnn2C2CCCCO2)c1)c1ccccc1. The van der Waals surface area contributed by atoms with Crippen molar-refractivity contribution in [2.24, 2.45) is 0 Å². The molecule has 33 heavy (non-hydrogen) atoms. The first-order valence-corrected chi connectivity index (χ1v) is 11.7. The van der Waals surface area contributed by atoms with Gasteiger partial charge in [0, 0.05) is 17.6 Å². The highest BCUT2D eigenvalue weighted by Crippen LogP contribution is 2.36. The van der Waals surface area contributed by atoms with E-state index in [1.54, 1.807) is 0 Å². The van der Waals surface area contributed by atoms with Gasteiger partial charge in [-0.3, -0.25) is 4.79 Å². The number of nitrogens with zero attached hydrogens (tertiary/aromatic N) is 2. The van der Waals surface area contributed by atoms with Crippen LogP contribution in [0.4, 0.5) is 0 Å². The van der Waals surface area contributed by atoms with Crippen molar-refractivity contribution in [3.63, 3.8) is 0 Å². The number of fused-ring (bicyclic) bond motifs is 1. The zero-order valence-electron chi connectivity index (χ0n) is 18.9. The zero-order valence-corrected chi connectivity index (χ0v) is 18.9. The second-order valence-electron chi connectivity index (χ2n) is 8.50. The van der Waals surface area contributed by atoms with Crippen LogP contribution in [0.15, 0.2) is 79.0 Å². The number of rotatable bonds is 6. The monoisotopic (exact) mass is 436 g/mol. The third-order valence-corrected chi connectivity index (χ3v) is 6.43. The minimum Gasteiger partial charge on any atom is -0.356 e. The Morgan fingerprint density at radius 1 is 1.00 bits per heavy atom. The average Bonchev–Trinajstić information content (AvgIpc) is 3.32. The molecule has 2 heterocycles. The van der Waals surface area contributed by atoms with E-state index in [-0.39, 0.29) is 6.23 Å². The molecule has 1 unspecified atom stereocenters. The van der Waals surface area contributed by atoms with Crippen LogP contribution in [0, 0.1) is 0 Å². The molecule has 1 aliphatic rings. The van der Waals surface area contributed by atoms with Crippen LogP contribution in [0.5, 0.6) is 0 Å².